The molecule has 0 amide bonds. The van der Waals surface area contributed by atoms with Crippen LogP contribution in [-0.2, 0) is 0 Å². The van der Waals surface area contributed by atoms with Gasteiger partial charge in [0.15, 0.2) is 0 Å². The van der Waals surface area contributed by atoms with Gasteiger partial charge in [-0.05, 0) is 18.2 Å². The highest BCUT2D eigenvalue weighted by atomic mass is 16.1. The number of hydrogen-bond donors (Lipinski definition) is 3. The molecule has 0 unspecified atom stereocenters. The van der Waals surface area contributed by atoms with E-state index in [-0.39, 0.29) is 5.82 Å². The molecule has 1 aromatic heterocycles. The first-order chi connectivity index (χ1) is 7.29. The van der Waals surface area contributed by atoms with Crippen molar-refractivity contribution in [3.63, 3.8) is 0 Å². The maximum Gasteiger partial charge on any atom is 0.346 e. The van der Waals surface area contributed by atoms with Gasteiger partial charge in [-0.2, -0.15) is 4.98 Å². The fourth-order valence-corrected chi connectivity index (χ4v) is 0.791. The molecule has 1 aliphatic rings. The molecule has 1 aromatic rings. The summed E-state index contributed by atoms with van der Waals surface area (Å²) in [6, 6.07) is 1.52. The lowest BCUT2D eigenvalue weighted by atomic mass is 10.5. The predicted molar refractivity (Wildman–Crippen MR) is 59.8 cm³/mol. The van der Waals surface area contributed by atoms with Crippen LogP contribution >= 0.6 is 0 Å². The Morgan fingerprint density at radius 2 is 1.80 bits per heavy atom. The Kier molecular flexibility index (Phi) is 4.45. The predicted octanol–water partition coefficient (Wildman–Crippen LogP) is 0.525. The van der Waals surface area contributed by atoms with Crippen molar-refractivity contribution in [3.8, 4) is 0 Å². The minimum Gasteiger partial charge on any atom is -0.383 e. The Hall–Kier alpha value is -2.30. The number of rotatable bonds is 0. The molecule has 78 valence electrons. The maximum absolute atomic E-state index is 10.2. The summed E-state index contributed by atoms with van der Waals surface area (Å²) in [4.78, 5) is 15.9. The van der Waals surface area contributed by atoms with Crippen molar-refractivity contribution in [2.45, 2.75) is 0 Å². The molecule has 0 bridgehead atoms. The van der Waals surface area contributed by atoms with E-state index in [1.54, 1.807) is 0 Å². The highest BCUT2D eigenvalue weighted by molar-refractivity contribution is 5.22. The van der Waals surface area contributed by atoms with Crippen molar-refractivity contribution in [2.75, 3.05) is 5.73 Å². The number of nitrogens with zero attached hydrogens (tertiary/aromatic N) is 1. The molecular weight excluding hydrogens is 192 g/mol. The lowest BCUT2D eigenvalue weighted by molar-refractivity contribution is 1.08. The number of aromatic amines is 1. The molecule has 0 fully saturated rings. The first kappa shape index (κ1) is 10.8. The highest BCUT2D eigenvalue weighted by Gasteiger charge is 1.81. The number of nitrogens with two attached hydrogens (primary N) is 1. The molecule has 0 radical (unpaired) electrons. The van der Waals surface area contributed by atoms with Gasteiger partial charge in [0.1, 0.15) is 5.82 Å². The Morgan fingerprint density at radius 1 is 1.13 bits per heavy atom. The third-order valence-corrected chi connectivity index (χ3v) is 1.41. The second kappa shape index (κ2) is 6.20. The zero-order valence-electron chi connectivity index (χ0n) is 8.05. The summed E-state index contributed by atoms with van der Waals surface area (Å²) in [7, 11) is 0. The van der Waals surface area contributed by atoms with E-state index in [1.165, 1.54) is 12.3 Å². The van der Waals surface area contributed by atoms with Crippen LogP contribution in [-0.4, -0.2) is 9.97 Å². The van der Waals surface area contributed by atoms with E-state index in [0.717, 1.165) is 0 Å². The van der Waals surface area contributed by atoms with Crippen molar-refractivity contribution in [1.29, 1.82) is 0 Å². The summed E-state index contributed by atoms with van der Waals surface area (Å²) >= 11 is 0. The molecule has 0 aromatic carbocycles. The molecule has 0 spiro atoms. The van der Waals surface area contributed by atoms with Gasteiger partial charge >= 0.3 is 5.69 Å². The van der Waals surface area contributed by atoms with Crippen LogP contribution in [0.4, 0.5) is 5.82 Å². The van der Waals surface area contributed by atoms with Crippen LogP contribution in [0.15, 0.2) is 53.8 Å². The number of allylic oxidation sites excluding steroid dienone is 4. The summed E-state index contributed by atoms with van der Waals surface area (Å²) < 4.78 is 0. The van der Waals surface area contributed by atoms with Crippen LogP contribution in [0.2, 0.25) is 0 Å². The van der Waals surface area contributed by atoms with Crippen molar-refractivity contribution in [2.24, 2.45) is 0 Å². The van der Waals surface area contributed by atoms with E-state index in [4.69, 9.17) is 5.73 Å². The molecule has 5 nitrogen and oxygen atoms in total. The third kappa shape index (κ3) is 5.09. The lowest BCUT2D eigenvalue weighted by Crippen LogP contribution is -2.10. The van der Waals surface area contributed by atoms with E-state index in [0.29, 0.717) is 0 Å². The van der Waals surface area contributed by atoms with Crippen LogP contribution < -0.4 is 16.7 Å². The van der Waals surface area contributed by atoms with Gasteiger partial charge in [-0.25, -0.2) is 4.79 Å². The molecule has 5 heteroatoms. The number of nitrogens with one attached hydrogen (secondary N) is 2. The molecule has 2 heterocycles. The molecule has 4 N–H and O–H groups in total. The Labute approximate surface area is 87.0 Å². The number of nitrogen functional groups attached to an aromatic ring is 1. The van der Waals surface area contributed by atoms with Crippen molar-refractivity contribution in [3.05, 3.63) is 59.5 Å². The summed E-state index contributed by atoms with van der Waals surface area (Å²) in [6.07, 6.45) is 13.0. The molecule has 0 atom stereocenters. The van der Waals surface area contributed by atoms with Gasteiger partial charge in [-0.1, -0.05) is 12.2 Å². The standard InChI is InChI=1S/C6H7N.C4H5N3O/c1-2-4-6-7-5-3-1;5-3-1-2-6-4(8)7-3/h1-7H;1-2H,(H3,5,6,7,8). The minimum absolute atomic E-state index is 0.244. The molecule has 0 saturated heterocycles. The third-order valence-electron chi connectivity index (χ3n) is 1.41. The van der Waals surface area contributed by atoms with Crippen molar-refractivity contribution >= 4 is 5.82 Å². The molecule has 2 rings (SSSR count). The number of aromatic nitrogens is 2. The minimum atomic E-state index is -0.412. The highest BCUT2D eigenvalue weighted by Crippen LogP contribution is 1.82. The molecular formula is C10H12N4O. The summed E-state index contributed by atoms with van der Waals surface area (Å²) in [5.74, 6) is 0.244. The fraction of sp³-hybridized carbons (Fsp3) is 0. The van der Waals surface area contributed by atoms with Gasteiger partial charge in [0.25, 0.3) is 0 Å². The van der Waals surface area contributed by atoms with E-state index < -0.39 is 5.69 Å². The number of anilines is 1. The average Bonchev–Trinajstić information content (AvgIpc) is 2.49. The van der Waals surface area contributed by atoms with Gasteiger partial charge in [-0.3, -0.25) is 0 Å². The smallest absolute Gasteiger partial charge is 0.346 e. The Bertz CT molecular complexity index is 417. The van der Waals surface area contributed by atoms with Gasteiger partial charge < -0.3 is 16.0 Å². The Balaban J connectivity index is 0.000000151. The first-order valence-electron chi connectivity index (χ1n) is 4.34. The monoisotopic (exact) mass is 204 g/mol. The van der Waals surface area contributed by atoms with Crippen LogP contribution in [0.1, 0.15) is 0 Å². The maximum atomic E-state index is 10.2. The largest absolute Gasteiger partial charge is 0.383 e. The first-order valence-corrected chi connectivity index (χ1v) is 4.34. The van der Waals surface area contributed by atoms with Gasteiger partial charge in [0.05, 0.1) is 0 Å². The van der Waals surface area contributed by atoms with Crippen LogP contribution in [0.3, 0.4) is 0 Å². The lowest BCUT2D eigenvalue weighted by Gasteiger charge is -1.83. The van der Waals surface area contributed by atoms with Gasteiger partial charge in [0, 0.05) is 18.6 Å². The Morgan fingerprint density at radius 3 is 2.27 bits per heavy atom. The summed E-state index contributed by atoms with van der Waals surface area (Å²) in [6.45, 7) is 0. The van der Waals surface area contributed by atoms with E-state index in [2.05, 4.69) is 15.3 Å². The zero-order valence-corrected chi connectivity index (χ0v) is 8.05. The number of hydrogen-bond acceptors (Lipinski definition) is 4. The second-order valence-corrected chi connectivity index (χ2v) is 2.59. The summed E-state index contributed by atoms with van der Waals surface area (Å²) in [5, 5.41) is 2.92. The quantitative estimate of drug-likeness (QED) is 0.575. The SMILES string of the molecule is C1=CC=CNC=C1.Nc1cc[nH]c(=O)n1. The zero-order chi connectivity index (χ0) is 10.9. The average molecular weight is 204 g/mol. The van der Waals surface area contributed by atoms with Crippen LogP contribution in [0.5, 0.6) is 0 Å². The normalized spacial score (nSPS) is 12.3. The van der Waals surface area contributed by atoms with E-state index in [1.807, 2.05) is 36.7 Å². The molecule has 0 aliphatic carbocycles. The van der Waals surface area contributed by atoms with Crippen LogP contribution in [0.25, 0.3) is 0 Å². The van der Waals surface area contributed by atoms with Crippen LogP contribution in [0, 0.1) is 0 Å². The summed E-state index contributed by atoms with van der Waals surface area (Å²) in [5.41, 5.74) is 4.72. The molecule has 15 heavy (non-hydrogen) atoms. The van der Waals surface area contributed by atoms with Gasteiger partial charge in [-0.15, -0.1) is 0 Å². The van der Waals surface area contributed by atoms with Crippen molar-refractivity contribution < 1.29 is 0 Å². The van der Waals surface area contributed by atoms with Gasteiger partial charge in [0.2, 0.25) is 0 Å². The molecule has 0 saturated carbocycles. The van der Waals surface area contributed by atoms with E-state index >= 15 is 0 Å². The fourth-order valence-electron chi connectivity index (χ4n) is 0.791. The topological polar surface area (TPSA) is 83.8 Å². The number of H-pyrrole nitrogens is 1. The molecule has 1 aliphatic heterocycles. The second-order valence-electron chi connectivity index (χ2n) is 2.59. The van der Waals surface area contributed by atoms with E-state index in [9.17, 15) is 4.79 Å². The van der Waals surface area contributed by atoms with Crippen molar-refractivity contribution in [1.82, 2.24) is 15.3 Å².